The summed E-state index contributed by atoms with van der Waals surface area (Å²) < 4.78 is 0. The quantitative estimate of drug-likeness (QED) is 0.619. The predicted molar refractivity (Wildman–Crippen MR) is 77.0 cm³/mol. The van der Waals surface area contributed by atoms with E-state index in [1.807, 2.05) is 12.2 Å². The minimum absolute atomic E-state index is 0.257. The van der Waals surface area contributed by atoms with Crippen LogP contribution in [0.4, 0.5) is 0 Å². The van der Waals surface area contributed by atoms with E-state index in [2.05, 4.69) is 11.4 Å². The highest BCUT2D eigenvalue weighted by Crippen LogP contribution is 2.35. The first kappa shape index (κ1) is 14.8. The van der Waals surface area contributed by atoms with E-state index >= 15 is 0 Å². The minimum Gasteiger partial charge on any atom is -0.336 e. The van der Waals surface area contributed by atoms with Gasteiger partial charge >= 0.3 is 0 Å². The highest BCUT2D eigenvalue weighted by Gasteiger charge is 2.48. The Kier molecular flexibility index (Phi) is 3.73. The molecule has 1 N–H and O–H groups in total. The maximum atomic E-state index is 12.3. The van der Waals surface area contributed by atoms with Gasteiger partial charge in [0.2, 0.25) is 17.7 Å². The number of likely N-dealkylation sites (tertiary alicyclic amines) is 1. The molecule has 1 saturated carbocycles. The van der Waals surface area contributed by atoms with Crippen molar-refractivity contribution in [3.63, 3.8) is 0 Å². The summed E-state index contributed by atoms with van der Waals surface area (Å²) in [5.74, 6) is -1.57. The summed E-state index contributed by atoms with van der Waals surface area (Å²) in [7, 11) is 0. The van der Waals surface area contributed by atoms with Gasteiger partial charge < -0.3 is 5.32 Å². The maximum Gasteiger partial charge on any atom is 0.241 e. The standard InChI is InChI=1S/C16H19N3O3/c17-10-16(7-3-4-8-16)18-13(20)9-19-14(21)11-5-1-2-6-12(11)15(19)22/h1-2,11-12H,3-9H2,(H,18,20)/t11-,12-/m0/s1. The lowest BCUT2D eigenvalue weighted by Gasteiger charge is -2.23. The minimum atomic E-state index is -0.822. The lowest BCUT2D eigenvalue weighted by Crippen LogP contribution is -2.50. The first-order chi connectivity index (χ1) is 10.6. The molecule has 22 heavy (non-hydrogen) atoms. The van der Waals surface area contributed by atoms with Crippen LogP contribution in [-0.4, -0.2) is 34.7 Å². The number of amides is 3. The zero-order chi connectivity index (χ0) is 15.7. The van der Waals surface area contributed by atoms with Crippen LogP contribution in [0.2, 0.25) is 0 Å². The second kappa shape index (κ2) is 5.56. The summed E-state index contributed by atoms with van der Waals surface area (Å²) in [6, 6.07) is 2.18. The van der Waals surface area contributed by atoms with Crippen molar-refractivity contribution >= 4 is 17.7 Å². The van der Waals surface area contributed by atoms with Gasteiger partial charge in [-0.3, -0.25) is 19.3 Å². The lowest BCUT2D eigenvalue weighted by molar-refractivity contribution is -0.143. The summed E-state index contributed by atoms with van der Waals surface area (Å²) in [6.45, 7) is -0.270. The highest BCUT2D eigenvalue weighted by molar-refractivity contribution is 6.07. The lowest BCUT2D eigenvalue weighted by atomic mass is 9.85. The molecule has 2 fully saturated rings. The Balaban J connectivity index is 1.66. The molecular weight excluding hydrogens is 282 g/mol. The molecular formula is C16H19N3O3. The van der Waals surface area contributed by atoms with Crippen LogP contribution in [0.3, 0.4) is 0 Å². The fourth-order valence-corrected chi connectivity index (χ4v) is 3.72. The largest absolute Gasteiger partial charge is 0.336 e. The Hall–Kier alpha value is -2.16. The smallest absolute Gasteiger partial charge is 0.241 e. The molecule has 2 atom stereocenters. The average molecular weight is 301 g/mol. The van der Waals surface area contributed by atoms with Gasteiger partial charge in [0.15, 0.2) is 0 Å². The molecule has 0 bridgehead atoms. The fraction of sp³-hybridized carbons (Fsp3) is 0.625. The van der Waals surface area contributed by atoms with Gasteiger partial charge in [-0.05, 0) is 38.5 Å². The Morgan fingerprint density at radius 1 is 1.23 bits per heavy atom. The predicted octanol–water partition coefficient (Wildman–Crippen LogP) is 0.890. The first-order valence-corrected chi connectivity index (χ1v) is 7.79. The van der Waals surface area contributed by atoms with E-state index in [9.17, 15) is 19.6 Å². The Morgan fingerprint density at radius 3 is 2.27 bits per heavy atom. The Bertz CT molecular complexity index is 558. The molecule has 3 aliphatic rings. The summed E-state index contributed by atoms with van der Waals surface area (Å²) in [4.78, 5) is 37.9. The van der Waals surface area contributed by atoms with E-state index in [0.29, 0.717) is 25.7 Å². The normalized spacial score (nSPS) is 29.3. The molecule has 1 saturated heterocycles. The number of carbonyl (C=O) groups excluding carboxylic acids is 3. The topological polar surface area (TPSA) is 90.3 Å². The van der Waals surface area contributed by atoms with E-state index in [0.717, 1.165) is 17.7 Å². The van der Waals surface area contributed by atoms with E-state index in [4.69, 9.17) is 0 Å². The summed E-state index contributed by atoms with van der Waals surface area (Å²) >= 11 is 0. The molecule has 3 rings (SSSR count). The molecule has 1 aliphatic heterocycles. The second-order valence-electron chi connectivity index (χ2n) is 6.37. The van der Waals surface area contributed by atoms with Gasteiger partial charge in [-0.15, -0.1) is 0 Å². The number of nitrogens with zero attached hydrogens (tertiary/aromatic N) is 2. The van der Waals surface area contributed by atoms with Crippen LogP contribution in [0.15, 0.2) is 12.2 Å². The van der Waals surface area contributed by atoms with Crippen molar-refractivity contribution in [2.75, 3.05) is 6.54 Å². The average Bonchev–Trinajstić information content (AvgIpc) is 3.08. The highest BCUT2D eigenvalue weighted by atomic mass is 16.2. The molecule has 0 unspecified atom stereocenters. The summed E-state index contributed by atoms with van der Waals surface area (Å²) in [5, 5.41) is 12.0. The zero-order valence-electron chi connectivity index (χ0n) is 12.4. The molecule has 0 aromatic rings. The van der Waals surface area contributed by atoms with Crippen molar-refractivity contribution in [2.45, 2.75) is 44.1 Å². The number of imide groups is 1. The number of nitrogens with one attached hydrogen (secondary N) is 1. The SMILES string of the molecule is N#CC1(NC(=O)CN2C(=O)[C@H]3CC=CC[C@@H]3C2=O)CCCC1. The van der Waals surface area contributed by atoms with Gasteiger partial charge in [0, 0.05) is 0 Å². The molecule has 2 aliphatic carbocycles. The van der Waals surface area contributed by atoms with Crippen molar-refractivity contribution in [1.82, 2.24) is 10.2 Å². The van der Waals surface area contributed by atoms with Crippen molar-refractivity contribution in [2.24, 2.45) is 11.8 Å². The number of hydrogen-bond acceptors (Lipinski definition) is 4. The molecule has 0 aromatic carbocycles. The van der Waals surface area contributed by atoms with Crippen molar-refractivity contribution in [3.8, 4) is 6.07 Å². The Labute approximate surface area is 129 Å². The zero-order valence-corrected chi connectivity index (χ0v) is 12.4. The molecule has 0 aromatic heterocycles. The van der Waals surface area contributed by atoms with Gasteiger partial charge in [0.1, 0.15) is 12.1 Å². The molecule has 6 nitrogen and oxygen atoms in total. The van der Waals surface area contributed by atoms with Gasteiger partial charge in [-0.2, -0.15) is 5.26 Å². The molecule has 0 spiro atoms. The van der Waals surface area contributed by atoms with Crippen LogP contribution in [0.5, 0.6) is 0 Å². The second-order valence-corrected chi connectivity index (χ2v) is 6.37. The van der Waals surface area contributed by atoms with Crippen LogP contribution in [0, 0.1) is 23.2 Å². The number of fused-ring (bicyclic) bond motifs is 1. The van der Waals surface area contributed by atoms with Crippen LogP contribution < -0.4 is 5.32 Å². The third kappa shape index (κ3) is 2.41. The third-order valence-corrected chi connectivity index (χ3v) is 4.95. The van der Waals surface area contributed by atoms with E-state index in [1.165, 1.54) is 0 Å². The maximum absolute atomic E-state index is 12.3. The van der Waals surface area contributed by atoms with Crippen LogP contribution >= 0.6 is 0 Å². The first-order valence-electron chi connectivity index (χ1n) is 7.79. The molecule has 0 radical (unpaired) electrons. The van der Waals surface area contributed by atoms with Gasteiger partial charge in [0.05, 0.1) is 17.9 Å². The van der Waals surface area contributed by atoms with Gasteiger partial charge in [0.25, 0.3) is 0 Å². The third-order valence-electron chi connectivity index (χ3n) is 4.95. The summed E-state index contributed by atoms with van der Waals surface area (Å²) in [5.41, 5.74) is -0.822. The van der Waals surface area contributed by atoms with Crippen molar-refractivity contribution in [3.05, 3.63) is 12.2 Å². The summed E-state index contributed by atoms with van der Waals surface area (Å²) in [6.07, 6.45) is 8.04. The van der Waals surface area contributed by atoms with Crippen LogP contribution in [0.25, 0.3) is 0 Å². The van der Waals surface area contributed by atoms with Gasteiger partial charge in [-0.1, -0.05) is 12.2 Å². The Morgan fingerprint density at radius 2 is 1.77 bits per heavy atom. The number of carbonyl (C=O) groups is 3. The van der Waals surface area contributed by atoms with E-state index in [-0.39, 0.29) is 30.2 Å². The number of hydrogen-bond donors (Lipinski definition) is 1. The fourth-order valence-electron chi connectivity index (χ4n) is 3.72. The van der Waals surface area contributed by atoms with Crippen LogP contribution in [0.1, 0.15) is 38.5 Å². The molecule has 1 heterocycles. The monoisotopic (exact) mass is 301 g/mol. The van der Waals surface area contributed by atoms with Gasteiger partial charge in [-0.25, -0.2) is 0 Å². The molecule has 3 amide bonds. The van der Waals surface area contributed by atoms with Crippen molar-refractivity contribution in [1.29, 1.82) is 5.26 Å². The van der Waals surface area contributed by atoms with Crippen molar-refractivity contribution < 1.29 is 14.4 Å². The number of rotatable bonds is 3. The van der Waals surface area contributed by atoms with Crippen LogP contribution in [-0.2, 0) is 14.4 Å². The van der Waals surface area contributed by atoms with E-state index < -0.39 is 11.4 Å². The molecule has 6 heteroatoms. The molecule has 116 valence electrons. The number of allylic oxidation sites excluding steroid dienone is 2. The number of nitriles is 1. The van der Waals surface area contributed by atoms with E-state index in [1.54, 1.807) is 0 Å².